The fourth-order valence-electron chi connectivity index (χ4n) is 2.35. The molecule has 2 heterocycles. The largest absolute Gasteiger partial charge is 0.368 e. The molecule has 7 heteroatoms. The summed E-state index contributed by atoms with van der Waals surface area (Å²) in [6, 6.07) is 1.93. The third-order valence-corrected chi connectivity index (χ3v) is 3.43. The van der Waals surface area contributed by atoms with Crippen LogP contribution in [-0.4, -0.2) is 46.3 Å². The zero-order valence-corrected chi connectivity index (χ0v) is 12.6. The molecule has 1 aliphatic rings. The van der Waals surface area contributed by atoms with E-state index in [0.717, 1.165) is 24.5 Å². The van der Waals surface area contributed by atoms with E-state index in [-0.39, 0.29) is 17.9 Å². The molecule has 21 heavy (non-hydrogen) atoms. The maximum Gasteiger partial charge on any atom is 0.220 e. The lowest BCUT2D eigenvalue weighted by Crippen LogP contribution is -2.44. The summed E-state index contributed by atoms with van der Waals surface area (Å²) < 4.78 is 0. The lowest BCUT2D eigenvalue weighted by atomic mass is 9.99. The number of hydrogen-bond donors (Lipinski definition) is 2. The van der Waals surface area contributed by atoms with Crippen LogP contribution in [0.25, 0.3) is 0 Å². The Kier molecular flexibility index (Phi) is 4.72. The number of nitrogens with zero attached hydrogens (tertiary/aromatic N) is 3. The fraction of sp³-hybridized carbons (Fsp3) is 0.571. The molecule has 0 radical (unpaired) electrons. The first kappa shape index (κ1) is 15.2. The van der Waals surface area contributed by atoms with Crippen molar-refractivity contribution in [2.75, 3.05) is 25.0 Å². The molecule has 1 saturated heterocycles. The standard InChI is InChI=1S/C14H21N5O2/c1-9-17-12(13-4-7-19(13)11(3)21)8-14(18-9)16-6-5-15-10(2)20/h8,13H,4-7H2,1-3H3,(H,15,20)(H,16,17,18)/t13-/m1/s1. The summed E-state index contributed by atoms with van der Waals surface area (Å²) in [5.41, 5.74) is 0.867. The van der Waals surface area contributed by atoms with Gasteiger partial charge in [0.25, 0.3) is 0 Å². The Bertz CT molecular complexity index is 546. The van der Waals surface area contributed by atoms with Crippen LogP contribution < -0.4 is 10.6 Å². The van der Waals surface area contributed by atoms with Gasteiger partial charge >= 0.3 is 0 Å². The highest BCUT2D eigenvalue weighted by molar-refractivity contribution is 5.74. The van der Waals surface area contributed by atoms with Crippen LogP contribution in [0.2, 0.25) is 0 Å². The summed E-state index contributed by atoms with van der Waals surface area (Å²) in [7, 11) is 0. The van der Waals surface area contributed by atoms with Crippen LogP contribution in [0.4, 0.5) is 5.82 Å². The summed E-state index contributed by atoms with van der Waals surface area (Å²) in [4.78, 5) is 32.8. The quantitative estimate of drug-likeness (QED) is 0.777. The number of aromatic nitrogens is 2. The van der Waals surface area contributed by atoms with Crippen molar-refractivity contribution in [1.29, 1.82) is 0 Å². The predicted molar refractivity (Wildman–Crippen MR) is 78.7 cm³/mol. The van der Waals surface area contributed by atoms with Gasteiger partial charge in [0.2, 0.25) is 11.8 Å². The van der Waals surface area contributed by atoms with Crippen molar-refractivity contribution in [3.8, 4) is 0 Å². The molecule has 0 bridgehead atoms. The highest BCUT2D eigenvalue weighted by atomic mass is 16.2. The van der Waals surface area contributed by atoms with Crippen molar-refractivity contribution in [2.45, 2.75) is 33.2 Å². The molecule has 2 amide bonds. The number of likely N-dealkylation sites (tertiary alicyclic amines) is 1. The summed E-state index contributed by atoms with van der Waals surface area (Å²) in [6.45, 7) is 6.81. The van der Waals surface area contributed by atoms with E-state index >= 15 is 0 Å². The van der Waals surface area contributed by atoms with Gasteiger partial charge in [-0.15, -0.1) is 0 Å². The first-order valence-corrected chi connectivity index (χ1v) is 7.08. The first-order valence-electron chi connectivity index (χ1n) is 7.08. The zero-order valence-electron chi connectivity index (χ0n) is 12.6. The Morgan fingerprint density at radius 3 is 2.67 bits per heavy atom. The van der Waals surface area contributed by atoms with E-state index in [0.29, 0.717) is 18.9 Å². The summed E-state index contributed by atoms with van der Waals surface area (Å²) >= 11 is 0. The highest BCUT2D eigenvalue weighted by Crippen LogP contribution is 2.32. The van der Waals surface area contributed by atoms with E-state index < -0.39 is 0 Å². The summed E-state index contributed by atoms with van der Waals surface area (Å²) in [5.74, 6) is 1.41. The molecule has 7 nitrogen and oxygen atoms in total. The third-order valence-electron chi connectivity index (χ3n) is 3.43. The molecule has 1 fully saturated rings. The molecule has 1 aliphatic heterocycles. The van der Waals surface area contributed by atoms with Gasteiger partial charge < -0.3 is 15.5 Å². The Balaban J connectivity index is 2.00. The maximum absolute atomic E-state index is 11.5. The van der Waals surface area contributed by atoms with Gasteiger partial charge in [0, 0.05) is 39.5 Å². The van der Waals surface area contributed by atoms with E-state index in [4.69, 9.17) is 0 Å². The SMILES string of the molecule is CC(=O)NCCNc1cc([C@H]2CCN2C(C)=O)nc(C)n1. The fourth-order valence-corrected chi connectivity index (χ4v) is 2.35. The second-order valence-corrected chi connectivity index (χ2v) is 5.15. The smallest absolute Gasteiger partial charge is 0.220 e. The number of amides is 2. The molecule has 0 saturated carbocycles. The van der Waals surface area contributed by atoms with Gasteiger partial charge in [-0.25, -0.2) is 9.97 Å². The average molecular weight is 291 g/mol. The lowest BCUT2D eigenvalue weighted by molar-refractivity contribution is -0.136. The minimum Gasteiger partial charge on any atom is -0.368 e. The monoisotopic (exact) mass is 291 g/mol. The van der Waals surface area contributed by atoms with Crippen LogP contribution in [0.3, 0.4) is 0 Å². The second-order valence-electron chi connectivity index (χ2n) is 5.15. The topological polar surface area (TPSA) is 87.2 Å². The van der Waals surface area contributed by atoms with Gasteiger partial charge in [0.05, 0.1) is 11.7 Å². The molecule has 0 spiro atoms. The van der Waals surface area contributed by atoms with Crippen molar-refractivity contribution in [2.24, 2.45) is 0 Å². The molecule has 1 aromatic heterocycles. The van der Waals surface area contributed by atoms with Crippen LogP contribution in [-0.2, 0) is 9.59 Å². The van der Waals surface area contributed by atoms with Gasteiger partial charge in [-0.05, 0) is 13.3 Å². The molecule has 0 aliphatic carbocycles. The Hall–Kier alpha value is -2.18. The number of aryl methyl sites for hydroxylation is 1. The van der Waals surface area contributed by atoms with Crippen molar-refractivity contribution in [1.82, 2.24) is 20.2 Å². The molecule has 0 aromatic carbocycles. The number of carbonyl (C=O) groups is 2. The molecular formula is C14H21N5O2. The third kappa shape index (κ3) is 3.90. The van der Waals surface area contributed by atoms with E-state index in [1.165, 1.54) is 6.92 Å². The predicted octanol–water partition coefficient (Wildman–Crippen LogP) is 0.626. The van der Waals surface area contributed by atoms with Crippen LogP contribution in [0.15, 0.2) is 6.07 Å². The minimum atomic E-state index is -0.0528. The van der Waals surface area contributed by atoms with Crippen LogP contribution >= 0.6 is 0 Å². The normalized spacial score (nSPS) is 17.1. The van der Waals surface area contributed by atoms with Crippen molar-refractivity contribution in [3.63, 3.8) is 0 Å². The number of hydrogen-bond acceptors (Lipinski definition) is 5. The van der Waals surface area contributed by atoms with Crippen LogP contribution in [0.5, 0.6) is 0 Å². The van der Waals surface area contributed by atoms with Crippen LogP contribution in [0.1, 0.15) is 37.8 Å². The zero-order chi connectivity index (χ0) is 15.4. The lowest BCUT2D eigenvalue weighted by Gasteiger charge is -2.40. The number of nitrogens with one attached hydrogen (secondary N) is 2. The van der Waals surface area contributed by atoms with E-state index in [1.54, 1.807) is 6.92 Å². The molecule has 2 N–H and O–H groups in total. The van der Waals surface area contributed by atoms with Crippen molar-refractivity contribution in [3.05, 3.63) is 17.6 Å². The maximum atomic E-state index is 11.5. The number of carbonyl (C=O) groups excluding carboxylic acids is 2. The highest BCUT2D eigenvalue weighted by Gasteiger charge is 2.32. The Morgan fingerprint density at radius 1 is 1.33 bits per heavy atom. The Morgan fingerprint density at radius 2 is 2.10 bits per heavy atom. The van der Waals surface area contributed by atoms with Crippen molar-refractivity contribution < 1.29 is 9.59 Å². The second kappa shape index (κ2) is 6.51. The number of anilines is 1. The molecular weight excluding hydrogens is 270 g/mol. The minimum absolute atomic E-state index is 0.0528. The van der Waals surface area contributed by atoms with Gasteiger partial charge in [0.1, 0.15) is 11.6 Å². The summed E-state index contributed by atoms with van der Waals surface area (Å²) in [6.07, 6.45) is 0.932. The van der Waals surface area contributed by atoms with Gasteiger partial charge in [-0.3, -0.25) is 9.59 Å². The van der Waals surface area contributed by atoms with E-state index in [1.807, 2.05) is 17.9 Å². The molecule has 0 unspecified atom stereocenters. The Labute approximate surface area is 124 Å². The number of rotatable bonds is 5. The molecule has 114 valence electrons. The van der Waals surface area contributed by atoms with Crippen molar-refractivity contribution >= 4 is 17.6 Å². The van der Waals surface area contributed by atoms with E-state index in [2.05, 4.69) is 20.6 Å². The van der Waals surface area contributed by atoms with Gasteiger partial charge in [-0.2, -0.15) is 0 Å². The average Bonchev–Trinajstić information content (AvgIpc) is 2.31. The molecule has 1 aromatic rings. The van der Waals surface area contributed by atoms with Gasteiger partial charge in [-0.1, -0.05) is 0 Å². The van der Waals surface area contributed by atoms with Crippen LogP contribution in [0, 0.1) is 6.92 Å². The summed E-state index contributed by atoms with van der Waals surface area (Å²) in [5, 5.41) is 5.87. The molecule has 1 atom stereocenters. The first-order chi connectivity index (χ1) is 9.97. The molecule has 2 rings (SSSR count). The van der Waals surface area contributed by atoms with E-state index in [9.17, 15) is 9.59 Å². The van der Waals surface area contributed by atoms with Gasteiger partial charge in [0.15, 0.2) is 0 Å².